The number of hydrogen-bond acceptors (Lipinski definition) is 3. The Morgan fingerprint density at radius 2 is 1.95 bits per heavy atom. The second-order valence-electron chi connectivity index (χ2n) is 4.63. The molecule has 0 spiro atoms. The minimum Gasteiger partial charge on any atom is -0.411 e. The number of oxime groups is 1. The average molecular weight is 347 g/mol. The molecule has 0 fully saturated rings. The highest BCUT2D eigenvalue weighted by Gasteiger charge is 2.11. The zero-order valence-electron chi connectivity index (χ0n) is 11.7. The molecule has 0 unspecified atom stereocenters. The minimum absolute atomic E-state index is 0.176. The van der Waals surface area contributed by atoms with Crippen LogP contribution >= 0.6 is 15.9 Å². The van der Waals surface area contributed by atoms with Gasteiger partial charge in [0.2, 0.25) is 0 Å². The SMILES string of the molecule is CC(=NO)c1cccc(NC(=O)c2cccc(Br)c2C)c1. The summed E-state index contributed by atoms with van der Waals surface area (Å²) in [6.45, 7) is 3.58. The Morgan fingerprint density at radius 1 is 1.24 bits per heavy atom. The second kappa shape index (κ2) is 6.54. The van der Waals surface area contributed by atoms with Crippen molar-refractivity contribution in [1.82, 2.24) is 0 Å². The van der Waals surface area contributed by atoms with Crippen molar-refractivity contribution >= 4 is 33.2 Å². The van der Waals surface area contributed by atoms with Crippen molar-refractivity contribution in [1.29, 1.82) is 0 Å². The molecule has 1 amide bonds. The van der Waals surface area contributed by atoms with Gasteiger partial charge in [-0.05, 0) is 43.7 Å². The quantitative estimate of drug-likeness (QED) is 0.496. The van der Waals surface area contributed by atoms with Gasteiger partial charge in [0.15, 0.2) is 0 Å². The monoisotopic (exact) mass is 346 g/mol. The van der Waals surface area contributed by atoms with E-state index in [9.17, 15) is 4.79 Å². The number of halogens is 1. The van der Waals surface area contributed by atoms with E-state index in [-0.39, 0.29) is 5.91 Å². The fourth-order valence-electron chi connectivity index (χ4n) is 1.93. The van der Waals surface area contributed by atoms with Crippen molar-refractivity contribution in [3.8, 4) is 0 Å². The Kier molecular flexibility index (Phi) is 4.75. The van der Waals surface area contributed by atoms with Gasteiger partial charge < -0.3 is 10.5 Å². The van der Waals surface area contributed by atoms with Gasteiger partial charge in [0.25, 0.3) is 5.91 Å². The molecule has 2 N–H and O–H groups in total. The lowest BCUT2D eigenvalue weighted by Gasteiger charge is -2.10. The molecule has 5 heteroatoms. The molecule has 0 aliphatic rings. The lowest BCUT2D eigenvalue weighted by molar-refractivity contribution is 0.102. The van der Waals surface area contributed by atoms with Crippen LogP contribution < -0.4 is 5.32 Å². The summed E-state index contributed by atoms with van der Waals surface area (Å²) >= 11 is 3.42. The first-order valence-corrected chi connectivity index (χ1v) is 7.18. The van der Waals surface area contributed by atoms with Crippen LogP contribution in [0, 0.1) is 6.92 Å². The normalized spacial score (nSPS) is 11.3. The molecule has 0 heterocycles. The van der Waals surface area contributed by atoms with Crippen LogP contribution in [0.2, 0.25) is 0 Å². The Labute approximate surface area is 131 Å². The van der Waals surface area contributed by atoms with Crippen molar-refractivity contribution in [2.24, 2.45) is 5.16 Å². The summed E-state index contributed by atoms with van der Waals surface area (Å²) in [5.74, 6) is -0.176. The maximum Gasteiger partial charge on any atom is 0.255 e. The van der Waals surface area contributed by atoms with Crippen LogP contribution in [0.4, 0.5) is 5.69 Å². The van der Waals surface area contributed by atoms with Crippen LogP contribution in [-0.2, 0) is 0 Å². The molecule has 0 aromatic heterocycles. The predicted molar refractivity (Wildman–Crippen MR) is 87.3 cm³/mol. The number of anilines is 1. The third kappa shape index (κ3) is 3.49. The maximum absolute atomic E-state index is 12.3. The number of benzene rings is 2. The number of carbonyl (C=O) groups is 1. The van der Waals surface area contributed by atoms with Crippen LogP contribution in [0.5, 0.6) is 0 Å². The maximum atomic E-state index is 12.3. The Morgan fingerprint density at radius 3 is 2.67 bits per heavy atom. The highest BCUT2D eigenvalue weighted by Crippen LogP contribution is 2.21. The van der Waals surface area contributed by atoms with E-state index in [1.807, 2.05) is 25.1 Å². The topological polar surface area (TPSA) is 61.7 Å². The van der Waals surface area contributed by atoms with Crippen LogP contribution in [0.25, 0.3) is 0 Å². The Balaban J connectivity index is 2.26. The zero-order valence-corrected chi connectivity index (χ0v) is 13.3. The standard InChI is InChI=1S/C16H15BrN2O2/c1-10-14(7-4-8-15(10)17)16(20)18-13-6-3-5-12(9-13)11(2)19-21/h3-9,21H,1-2H3,(H,18,20). The van der Waals surface area contributed by atoms with Gasteiger partial charge in [0.05, 0.1) is 5.71 Å². The largest absolute Gasteiger partial charge is 0.411 e. The fraction of sp³-hybridized carbons (Fsp3) is 0.125. The Hall–Kier alpha value is -2.14. The number of carbonyl (C=O) groups excluding carboxylic acids is 1. The molecule has 0 radical (unpaired) electrons. The van der Waals surface area contributed by atoms with Gasteiger partial charge in [-0.1, -0.05) is 39.3 Å². The molecule has 0 bridgehead atoms. The van der Waals surface area contributed by atoms with Crippen LogP contribution in [0.3, 0.4) is 0 Å². The number of nitrogens with one attached hydrogen (secondary N) is 1. The van der Waals surface area contributed by atoms with Gasteiger partial charge in [-0.2, -0.15) is 0 Å². The van der Waals surface area contributed by atoms with E-state index in [1.54, 1.807) is 31.2 Å². The molecule has 0 aliphatic carbocycles. The Bertz CT molecular complexity index is 711. The summed E-state index contributed by atoms with van der Waals surface area (Å²) in [4.78, 5) is 12.3. The molecule has 0 saturated carbocycles. The van der Waals surface area contributed by atoms with Crippen molar-refractivity contribution in [2.45, 2.75) is 13.8 Å². The molecule has 0 saturated heterocycles. The molecule has 2 aromatic rings. The highest BCUT2D eigenvalue weighted by atomic mass is 79.9. The van der Waals surface area contributed by atoms with Gasteiger partial charge in [-0.3, -0.25) is 4.79 Å². The first-order chi connectivity index (χ1) is 10.0. The van der Waals surface area contributed by atoms with E-state index in [4.69, 9.17) is 5.21 Å². The molecule has 0 aliphatic heterocycles. The average Bonchev–Trinajstić information content (AvgIpc) is 2.49. The summed E-state index contributed by atoms with van der Waals surface area (Å²) in [5.41, 5.74) is 3.40. The van der Waals surface area contributed by atoms with Crippen LogP contribution in [-0.4, -0.2) is 16.8 Å². The minimum atomic E-state index is -0.176. The molecular weight excluding hydrogens is 332 g/mol. The number of hydrogen-bond donors (Lipinski definition) is 2. The first-order valence-electron chi connectivity index (χ1n) is 6.38. The van der Waals surface area contributed by atoms with E-state index in [0.29, 0.717) is 17.0 Å². The summed E-state index contributed by atoms with van der Waals surface area (Å²) in [7, 11) is 0. The molecule has 2 rings (SSSR count). The van der Waals surface area contributed by atoms with Crippen molar-refractivity contribution in [2.75, 3.05) is 5.32 Å². The molecule has 4 nitrogen and oxygen atoms in total. The first kappa shape index (κ1) is 15.3. The lowest BCUT2D eigenvalue weighted by atomic mass is 10.1. The fourth-order valence-corrected chi connectivity index (χ4v) is 2.30. The molecule has 21 heavy (non-hydrogen) atoms. The predicted octanol–water partition coefficient (Wildman–Crippen LogP) is 4.21. The number of rotatable bonds is 3. The smallest absolute Gasteiger partial charge is 0.255 e. The lowest BCUT2D eigenvalue weighted by Crippen LogP contribution is -2.13. The number of amides is 1. The van der Waals surface area contributed by atoms with Gasteiger partial charge in [0, 0.05) is 21.3 Å². The van der Waals surface area contributed by atoms with Gasteiger partial charge >= 0.3 is 0 Å². The van der Waals surface area contributed by atoms with Crippen molar-refractivity contribution < 1.29 is 10.0 Å². The zero-order chi connectivity index (χ0) is 15.4. The van der Waals surface area contributed by atoms with Crippen molar-refractivity contribution in [3.63, 3.8) is 0 Å². The molecular formula is C16H15BrN2O2. The number of nitrogens with zero attached hydrogens (tertiary/aromatic N) is 1. The van der Waals surface area contributed by atoms with Gasteiger partial charge in [-0.25, -0.2) is 0 Å². The summed E-state index contributed by atoms with van der Waals surface area (Å²) < 4.78 is 0.896. The molecule has 108 valence electrons. The van der Waals surface area contributed by atoms with Crippen molar-refractivity contribution in [3.05, 3.63) is 63.6 Å². The second-order valence-corrected chi connectivity index (χ2v) is 5.49. The molecule has 0 atom stereocenters. The van der Waals surface area contributed by atoms with E-state index >= 15 is 0 Å². The molecule has 2 aromatic carbocycles. The van der Waals surface area contributed by atoms with E-state index in [0.717, 1.165) is 15.6 Å². The summed E-state index contributed by atoms with van der Waals surface area (Å²) in [6.07, 6.45) is 0. The summed E-state index contributed by atoms with van der Waals surface area (Å²) in [5, 5.41) is 14.8. The van der Waals surface area contributed by atoms with Crippen LogP contribution in [0.15, 0.2) is 52.1 Å². The van der Waals surface area contributed by atoms with Crippen LogP contribution in [0.1, 0.15) is 28.4 Å². The third-order valence-corrected chi connectivity index (χ3v) is 4.06. The summed E-state index contributed by atoms with van der Waals surface area (Å²) in [6, 6.07) is 12.7. The van der Waals surface area contributed by atoms with E-state index < -0.39 is 0 Å². The third-order valence-electron chi connectivity index (χ3n) is 3.20. The van der Waals surface area contributed by atoms with E-state index in [1.165, 1.54) is 0 Å². The van der Waals surface area contributed by atoms with Gasteiger partial charge in [-0.15, -0.1) is 0 Å². The van der Waals surface area contributed by atoms with E-state index in [2.05, 4.69) is 26.4 Å². The highest BCUT2D eigenvalue weighted by molar-refractivity contribution is 9.10. The van der Waals surface area contributed by atoms with Gasteiger partial charge in [0.1, 0.15) is 0 Å².